The van der Waals surface area contributed by atoms with Crippen molar-refractivity contribution in [3.8, 4) is 0 Å². The number of nitrogens with zero attached hydrogens (tertiary/aromatic N) is 1. The van der Waals surface area contributed by atoms with Gasteiger partial charge in [0.1, 0.15) is 0 Å². The summed E-state index contributed by atoms with van der Waals surface area (Å²) in [5, 5.41) is 0. The molecule has 16 heavy (non-hydrogen) atoms. The van der Waals surface area contributed by atoms with E-state index in [0.717, 1.165) is 25.3 Å². The molecule has 3 heteroatoms. The van der Waals surface area contributed by atoms with Crippen LogP contribution in [0.3, 0.4) is 0 Å². The molecule has 2 fully saturated rings. The molecule has 1 saturated heterocycles. The van der Waals surface area contributed by atoms with Crippen LogP contribution in [-0.2, 0) is 4.79 Å². The van der Waals surface area contributed by atoms with E-state index in [1.807, 2.05) is 0 Å². The van der Waals surface area contributed by atoms with Gasteiger partial charge in [-0.1, -0.05) is 26.2 Å². The predicted octanol–water partition coefficient (Wildman–Crippen LogP) is 1.90. The molecule has 92 valence electrons. The fourth-order valence-electron chi connectivity index (χ4n) is 3.33. The highest BCUT2D eigenvalue weighted by Crippen LogP contribution is 2.36. The summed E-state index contributed by atoms with van der Waals surface area (Å²) in [4.78, 5) is 14.3. The summed E-state index contributed by atoms with van der Waals surface area (Å²) in [6.45, 7) is 3.03. The minimum atomic E-state index is -0.259. The van der Waals surface area contributed by atoms with Gasteiger partial charge in [-0.05, 0) is 31.6 Å². The molecule has 1 saturated carbocycles. The van der Waals surface area contributed by atoms with Crippen LogP contribution in [0.1, 0.15) is 51.9 Å². The first-order valence-electron chi connectivity index (χ1n) is 6.80. The smallest absolute Gasteiger partial charge is 0.239 e. The number of nitrogens with two attached hydrogens (primary N) is 1. The lowest BCUT2D eigenvalue weighted by Gasteiger charge is -2.33. The number of amides is 1. The van der Waals surface area contributed by atoms with Gasteiger partial charge in [0.15, 0.2) is 0 Å². The van der Waals surface area contributed by atoms with Crippen LogP contribution in [0.4, 0.5) is 0 Å². The SMILES string of the molecule is CCCC(N)C(=O)N1CCC2CCCCC21. The van der Waals surface area contributed by atoms with Crippen LogP contribution in [-0.4, -0.2) is 29.4 Å². The molecule has 2 N–H and O–H groups in total. The molecule has 1 amide bonds. The first-order chi connectivity index (χ1) is 7.74. The fraction of sp³-hybridized carbons (Fsp3) is 0.923. The van der Waals surface area contributed by atoms with Gasteiger partial charge in [0.25, 0.3) is 0 Å². The van der Waals surface area contributed by atoms with Gasteiger partial charge in [-0.3, -0.25) is 4.79 Å². The normalized spacial score (nSPS) is 31.2. The van der Waals surface area contributed by atoms with E-state index in [0.29, 0.717) is 6.04 Å². The van der Waals surface area contributed by atoms with Gasteiger partial charge in [0.2, 0.25) is 5.91 Å². The molecule has 0 spiro atoms. The number of likely N-dealkylation sites (tertiary alicyclic amines) is 1. The highest BCUT2D eigenvalue weighted by Gasteiger charge is 2.39. The molecule has 2 aliphatic rings. The third-order valence-electron chi connectivity index (χ3n) is 4.21. The lowest BCUT2D eigenvalue weighted by Crippen LogP contribution is -2.47. The van der Waals surface area contributed by atoms with Crippen molar-refractivity contribution in [1.82, 2.24) is 4.90 Å². The maximum atomic E-state index is 12.2. The molecule has 3 atom stereocenters. The average Bonchev–Trinajstić information content (AvgIpc) is 2.72. The van der Waals surface area contributed by atoms with Crippen LogP contribution < -0.4 is 5.73 Å². The van der Waals surface area contributed by atoms with Crippen LogP contribution in [0, 0.1) is 5.92 Å². The van der Waals surface area contributed by atoms with Gasteiger partial charge >= 0.3 is 0 Å². The quantitative estimate of drug-likeness (QED) is 0.796. The third kappa shape index (κ3) is 2.24. The minimum Gasteiger partial charge on any atom is -0.338 e. The second kappa shape index (κ2) is 5.17. The number of carbonyl (C=O) groups is 1. The minimum absolute atomic E-state index is 0.205. The summed E-state index contributed by atoms with van der Waals surface area (Å²) in [7, 11) is 0. The topological polar surface area (TPSA) is 46.3 Å². The molecule has 3 nitrogen and oxygen atoms in total. The van der Waals surface area contributed by atoms with E-state index in [2.05, 4.69) is 11.8 Å². The Morgan fingerprint density at radius 2 is 2.12 bits per heavy atom. The largest absolute Gasteiger partial charge is 0.338 e. The zero-order chi connectivity index (χ0) is 11.5. The van der Waals surface area contributed by atoms with Crippen molar-refractivity contribution < 1.29 is 4.79 Å². The van der Waals surface area contributed by atoms with Crippen LogP contribution in [0.2, 0.25) is 0 Å². The van der Waals surface area contributed by atoms with Crippen molar-refractivity contribution in [1.29, 1.82) is 0 Å². The summed E-state index contributed by atoms with van der Waals surface area (Å²) in [6.07, 6.45) is 8.18. The Morgan fingerprint density at radius 1 is 1.38 bits per heavy atom. The highest BCUT2D eigenvalue weighted by atomic mass is 16.2. The summed E-state index contributed by atoms with van der Waals surface area (Å²) in [5.41, 5.74) is 5.94. The standard InChI is InChI=1S/C13H24N2O/c1-2-5-11(14)13(16)15-9-8-10-6-3-4-7-12(10)15/h10-12H,2-9,14H2,1H3. The first kappa shape index (κ1) is 11.9. The van der Waals surface area contributed by atoms with E-state index < -0.39 is 0 Å². The first-order valence-corrected chi connectivity index (χ1v) is 6.80. The van der Waals surface area contributed by atoms with Crippen molar-refractivity contribution in [2.24, 2.45) is 11.7 Å². The summed E-state index contributed by atoms with van der Waals surface area (Å²) < 4.78 is 0. The van der Waals surface area contributed by atoms with Gasteiger partial charge in [-0.2, -0.15) is 0 Å². The maximum Gasteiger partial charge on any atom is 0.239 e. The van der Waals surface area contributed by atoms with Gasteiger partial charge in [0, 0.05) is 12.6 Å². The van der Waals surface area contributed by atoms with E-state index in [4.69, 9.17) is 5.73 Å². The number of rotatable bonds is 3. The van der Waals surface area contributed by atoms with Gasteiger partial charge in [-0.25, -0.2) is 0 Å². The summed E-state index contributed by atoms with van der Waals surface area (Å²) in [6, 6.07) is 0.259. The van der Waals surface area contributed by atoms with Crippen molar-refractivity contribution >= 4 is 5.91 Å². The Labute approximate surface area is 98.4 Å². The molecule has 3 unspecified atom stereocenters. The Balaban J connectivity index is 1.96. The van der Waals surface area contributed by atoms with E-state index in [-0.39, 0.29) is 11.9 Å². The molecule has 0 radical (unpaired) electrons. The molecule has 1 aliphatic carbocycles. The number of fused-ring (bicyclic) bond motifs is 1. The van der Waals surface area contributed by atoms with Crippen molar-refractivity contribution in [2.75, 3.05) is 6.54 Å². The number of hydrogen-bond acceptors (Lipinski definition) is 2. The lowest BCUT2D eigenvalue weighted by molar-refractivity contribution is -0.134. The van der Waals surface area contributed by atoms with Crippen molar-refractivity contribution in [3.05, 3.63) is 0 Å². The molecule has 2 rings (SSSR count). The fourth-order valence-corrected chi connectivity index (χ4v) is 3.33. The molecule has 0 aromatic rings. The van der Waals surface area contributed by atoms with Gasteiger partial charge < -0.3 is 10.6 Å². The zero-order valence-electron chi connectivity index (χ0n) is 10.3. The summed E-state index contributed by atoms with van der Waals surface area (Å²) >= 11 is 0. The van der Waals surface area contributed by atoms with Crippen LogP contribution >= 0.6 is 0 Å². The van der Waals surface area contributed by atoms with Crippen LogP contribution in [0.5, 0.6) is 0 Å². The second-order valence-corrected chi connectivity index (χ2v) is 5.33. The lowest BCUT2D eigenvalue weighted by atomic mass is 9.85. The van der Waals surface area contributed by atoms with Gasteiger partial charge in [0.05, 0.1) is 6.04 Å². The number of carbonyl (C=O) groups excluding carboxylic acids is 1. The molecule has 0 aromatic carbocycles. The van der Waals surface area contributed by atoms with Crippen LogP contribution in [0.25, 0.3) is 0 Å². The number of hydrogen-bond donors (Lipinski definition) is 1. The van der Waals surface area contributed by atoms with E-state index in [1.54, 1.807) is 0 Å². The monoisotopic (exact) mass is 224 g/mol. The van der Waals surface area contributed by atoms with Crippen molar-refractivity contribution in [3.63, 3.8) is 0 Å². The van der Waals surface area contributed by atoms with Crippen LogP contribution in [0.15, 0.2) is 0 Å². The molecule has 0 bridgehead atoms. The Kier molecular flexibility index (Phi) is 3.85. The zero-order valence-corrected chi connectivity index (χ0v) is 10.3. The Hall–Kier alpha value is -0.570. The Morgan fingerprint density at radius 3 is 2.88 bits per heavy atom. The van der Waals surface area contributed by atoms with E-state index in [1.165, 1.54) is 32.1 Å². The van der Waals surface area contributed by atoms with E-state index >= 15 is 0 Å². The van der Waals surface area contributed by atoms with E-state index in [9.17, 15) is 4.79 Å². The summed E-state index contributed by atoms with van der Waals surface area (Å²) in [5.74, 6) is 0.975. The predicted molar refractivity (Wildman–Crippen MR) is 65.0 cm³/mol. The molecule has 1 heterocycles. The molecule has 0 aromatic heterocycles. The molecular weight excluding hydrogens is 200 g/mol. The maximum absolute atomic E-state index is 12.2. The average molecular weight is 224 g/mol. The van der Waals surface area contributed by atoms with Gasteiger partial charge in [-0.15, -0.1) is 0 Å². The Bertz CT molecular complexity index is 254. The van der Waals surface area contributed by atoms with Crippen molar-refractivity contribution in [2.45, 2.75) is 64.0 Å². The molecule has 1 aliphatic heterocycles. The highest BCUT2D eigenvalue weighted by molar-refractivity contribution is 5.82. The third-order valence-corrected chi connectivity index (χ3v) is 4.21. The molecular formula is C13H24N2O. The second-order valence-electron chi connectivity index (χ2n) is 5.33.